The minimum atomic E-state index is -0.181. The summed E-state index contributed by atoms with van der Waals surface area (Å²) in [5, 5.41) is 0. The second-order valence-corrected chi connectivity index (χ2v) is 7.52. The average Bonchev–Trinajstić information content (AvgIpc) is 2.77. The van der Waals surface area contributed by atoms with Crippen LogP contribution in [0, 0.1) is 18.2 Å². The maximum absolute atomic E-state index is 13.5. The third kappa shape index (κ3) is 4.04. The number of ether oxygens (including phenoxy) is 1. The van der Waals surface area contributed by atoms with Crippen LogP contribution < -0.4 is 0 Å². The van der Waals surface area contributed by atoms with E-state index in [1.165, 1.54) is 6.07 Å². The van der Waals surface area contributed by atoms with Crippen LogP contribution in [0.15, 0.2) is 18.2 Å². The van der Waals surface area contributed by atoms with E-state index in [1.54, 1.807) is 13.2 Å². The first-order chi connectivity index (χ1) is 12.0. The zero-order chi connectivity index (χ0) is 17.9. The Bertz CT molecular complexity index is 622. The molecule has 2 saturated heterocycles. The molecule has 138 valence electrons. The van der Waals surface area contributed by atoms with Crippen molar-refractivity contribution >= 4 is 5.91 Å². The van der Waals surface area contributed by atoms with Gasteiger partial charge in [-0.25, -0.2) is 4.39 Å². The Labute approximate surface area is 149 Å². The number of amides is 1. The first-order valence-electron chi connectivity index (χ1n) is 9.30. The Hall–Kier alpha value is -1.46. The van der Waals surface area contributed by atoms with Gasteiger partial charge in [0.2, 0.25) is 5.91 Å². The highest BCUT2D eigenvalue weighted by molar-refractivity contribution is 5.84. The number of likely N-dealkylation sites (tertiary alicyclic amines) is 2. The lowest BCUT2D eigenvalue weighted by Gasteiger charge is -2.27. The lowest BCUT2D eigenvalue weighted by atomic mass is 9.79. The van der Waals surface area contributed by atoms with Crippen LogP contribution in [0.1, 0.15) is 36.8 Å². The minimum Gasteiger partial charge on any atom is -0.383 e. The number of hydrogen-bond donors (Lipinski definition) is 0. The van der Waals surface area contributed by atoms with Gasteiger partial charge in [0.1, 0.15) is 5.82 Å². The molecule has 1 aromatic rings. The maximum Gasteiger partial charge on any atom is 0.228 e. The van der Waals surface area contributed by atoms with Crippen molar-refractivity contribution in [1.29, 1.82) is 0 Å². The molecule has 25 heavy (non-hydrogen) atoms. The van der Waals surface area contributed by atoms with Gasteiger partial charge in [0.05, 0.1) is 12.0 Å². The number of halogens is 1. The zero-order valence-electron chi connectivity index (χ0n) is 15.4. The first kappa shape index (κ1) is 18.3. The summed E-state index contributed by atoms with van der Waals surface area (Å²) in [5.74, 6) is 0.139. The van der Waals surface area contributed by atoms with Gasteiger partial charge < -0.3 is 9.64 Å². The molecule has 0 N–H and O–H groups in total. The van der Waals surface area contributed by atoms with Gasteiger partial charge in [0.15, 0.2) is 0 Å². The molecule has 2 fully saturated rings. The van der Waals surface area contributed by atoms with Crippen LogP contribution >= 0.6 is 0 Å². The molecule has 3 rings (SSSR count). The normalized spacial score (nSPS) is 24.9. The van der Waals surface area contributed by atoms with E-state index in [9.17, 15) is 9.18 Å². The predicted octanol–water partition coefficient (Wildman–Crippen LogP) is 2.99. The van der Waals surface area contributed by atoms with Gasteiger partial charge >= 0.3 is 0 Å². The van der Waals surface area contributed by atoms with Gasteiger partial charge in [-0.3, -0.25) is 9.69 Å². The smallest absolute Gasteiger partial charge is 0.228 e. The van der Waals surface area contributed by atoms with E-state index in [1.807, 2.05) is 17.9 Å². The summed E-state index contributed by atoms with van der Waals surface area (Å²) in [6, 6.07) is 5.00. The van der Waals surface area contributed by atoms with Crippen molar-refractivity contribution in [1.82, 2.24) is 9.80 Å². The van der Waals surface area contributed by atoms with Crippen molar-refractivity contribution in [2.45, 2.75) is 39.2 Å². The number of methoxy groups -OCH3 is 1. The van der Waals surface area contributed by atoms with Gasteiger partial charge in [-0.1, -0.05) is 6.07 Å². The molecule has 1 aromatic carbocycles. The molecule has 0 saturated carbocycles. The summed E-state index contributed by atoms with van der Waals surface area (Å²) < 4.78 is 18.7. The Morgan fingerprint density at radius 1 is 1.20 bits per heavy atom. The van der Waals surface area contributed by atoms with E-state index < -0.39 is 0 Å². The Kier molecular flexibility index (Phi) is 5.74. The fourth-order valence-electron chi connectivity index (χ4n) is 4.23. The lowest BCUT2D eigenvalue weighted by molar-refractivity contribution is -0.137. The molecule has 0 bridgehead atoms. The van der Waals surface area contributed by atoms with Crippen molar-refractivity contribution in [3.05, 3.63) is 35.1 Å². The fraction of sp³-hybridized carbons (Fsp3) is 0.650. The maximum atomic E-state index is 13.5. The van der Waals surface area contributed by atoms with Gasteiger partial charge in [0.25, 0.3) is 0 Å². The highest BCUT2D eigenvalue weighted by Gasteiger charge is 2.46. The molecule has 0 aromatic heterocycles. The van der Waals surface area contributed by atoms with Crippen LogP contribution in [0.25, 0.3) is 0 Å². The molecule has 0 radical (unpaired) electrons. The second kappa shape index (κ2) is 7.83. The Morgan fingerprint density at radius 2 is 2.00 bits per heavy atom. The number of hydrogen-bond acceptors (Lipinski definition) is 3. The van der Waals surface area contributed by atoms with Crippen LogP contribution in [-0.4, -0.2) is 55.6 Å². The largest absolute Gasteiger partial charge is 0.383 e. The van der Waals surface area contributed by atoms with E-state index in [2.05, 4.69) is 4.90 Å². The van der Waals surface area contributed by atoms with Gasteiger partial charge in [0, 0.05) is 26.7 Å². The molecule has 0 aliphatic carbocycles. The highest BCUT2D eigenvalue weighted by atomic mass is 19.1. The van der Waals surface area contributed by atoms with Crippen LogP contribution in [-0.2, 0) is 16.1 Å². The number of aryl methyl sites for hydroxylation is 1. The molecule has 2 aliphatic rings. The van der Waals surface area contributed by atoms with Crippen molar-refractivity contribution in [3.8, 4) is 0 Å². The van der Waals surface area contributed by atoms with E-state index in [0.29, 0.717) is 19.1 Å². The number of nitrogens with zero attached hydrogens (tertiary/aromatic N) is 2. The third-order valence-electron chi connectivity index (χ3n) is 5.91. The van der Waals surface area contributed by atoms with Crippen LogP contribution in [0.4, 0.5) is 4.39 Å². The molecule has 2 aliphatic heterocycles. The zero-order valence-corrected chi connectivity index (χ0v) is 15.4. The summed E-state index contributed by atoms with van der Waals surface area (Å²) in [4.78, 5) is 17.3. The molecule has 1 atom stereocenters. The number of benzene rings is 1. The molecular weight excluding hydrogens is 319 g/mol. The summed E-state index contributed by atoms with van der Waals surface area (Å²) in [5.41, 5.74) is 2.00. The summed E-state index contributed by atoms with van der Waals surface area (Å²) >= 11 is 0. The molecular formula is C20H29FN2O2. The van der Waals surface area contributed by atoms with Crippen LogP contribution in [0.5, 0.6) is 0 Å². The highest BCUT2D eigenvalue weighted by Crippen LogP contribution is 2.41. The van der Waals surface area contributed by atoms with E-state index >= 15 is 0 Å². The molecule has 1 spiro atoms. The van der Waals surface area contributed by atoms with Gasteiger partial charge in [-0.2, -0.15) is 0 Å². The molecule has 0 unspecified atom stereocenters. The SMILES string of the molecule is COCCN1CC[C@@]2(CCCN(Cc3cc(F)ccc3C)CC2)C1=O. The van der Waals surface area contributed by atoms with Crippen molar-refractivity contribution in [3.63, 3.8) is 0 Å². The summed E-state index contributed by atoms with van der Waals surface area (Å²) in [6.07, 6.45) is 3.86. The van der Waals surface area contributed by atoms with Crippen LogP contribution in [0.2, 0.25) is 0 Å². The lowest BCUT2D eigenvalue weighted by Crippen LogP contribution is -2.37. The number of rotatable bonds is 5. The standard InChI is InChI=1S/C20H29FN2O2/c1-16-4-5-18(21)14-17(16)15-22-9-3-6-20(7-10-22)8-11-23(19(20)24)12-13-25-2/h4-5,14H,3,6-13,15H2,1-2H3/t20-/m0/s1. The Balaban J connectivity index is 1.63. The molecule has 4 nitrogen and oxygen atoms in total. The van der Waals surface area contributed by atoms with Crippen molar-refractivity contribution in [2.75, 3.05) is 39.9 Å². The summed E-state index contributed by atoms with van der Waals surface area (Å²) in [6.45, 7) is 6.83. The van der Waals surface area contributed by atoms with Gasteiger partial charge in [-0.15, -0.1) is 0 Å². The van der Waals surface area contributed by atoms with Gasteiger partial charge in [-0.05, 0) is 69.0 Å². The van der Waals surface area contributed by atoms with E-state index in [4.69, 9.17) is 4.74 Å². The van der Waals surface area contributed by atoms with Crippen molar-refractivity contribution in [2.24, 2.45) is 5.41 Å². The topological polar surface area (TPSA) is 32.8 Å². The third-order valence-corrected chi connectivity index (χ3v) is 5.91. The average molecular weight is 348 g/mol. The minimum absolute atomic E-state index is 0.174. The fourth-order valence-corrected chi connectivity index (χ4v) is 4.23. The van der Waals surface area contributed by atoms with E-state index in [0.717, 1.165) is 63.0 Å². The Morgan fingerprint density at radius 3 is 2.80 bits per heavy atom. The van der Waals surface area contributed by atoms with Crippen molar-refractivity contribution < 1.29 is 13.9 Å². The number of carbonyl (C=O) groups excluding carboxylic acids is 1. The predicted molar refractivity (Wildman–Crippen MR) is 95.8 cm³/mol. The monoisotopic (exact) mass is 348 g/mol. The molecule has 5 heteroatoms. The second-order valence-electron chi connectivity index (χ2n) is 7.52. The molecule has 2 heterocycles. The first-order valence-corrected chi connectivity index (χ1v) is 9.30. The molecule has 1 amide bonds. The van der Waals surface area contributed by atoms with E-state index in [-0.39, 0.29) is 11.2 Å². The number of carbonyl (C=O) groups is 1. The van der Waals surface area contributed by atoms with Crippen LogP contribution in [0.3, 0.4) is 0 Å². The quantitative estimate of drug-likeness (QED) is 0.820. The summed E-state index contributed by atoms with van der Waals surface area (Å²) in [7, 11) is 1.67.